The van der Waals surface area contributed by atoms with Crippen molar-refractivity contribution in [3.63, 3.8) is 0 Å². The van der Waals surface area contributed by atoms with Gasteiger partial charge < -0.3 is 10.4 Å². The smallest absolute Gasteiger partial charge is 0.244 e. The van der Waals surface area contributed by atoms with E-state index in [2.05, 4.69) is 5.32 Å². The van der Waals surface area contributed by atoms with Crippen molar-refractivity contribution < 1.29 is 9.90 Å². The molecule has 0 bridgehead atoms. The molecule has 108 valence electrons. The van der Waals surface area contributed by atoms with Crippen molar-refractivity contribution in [2.45, 2.75) is 26.2 Å². The Morgan fingerprint density at radius 1 is 1.40 bits per heavy atom. The number of carbonyl (C=O) groups is 1. The highest BCUT2D eigenvalue weighted by molar-refractivity contribution is 5.91. The van der Waals surface area contributed by atoms with Crippen LogP contribution in [0.2, 0.25) is 0 Å². The maximum atomic E-state index is 11.8. The second-order valence-corrected chi connectivity index (χ2v) is 5.63. The molecule has 0 heterocycles. The molecule has 0 aliphatic heterocycles. The molecule has 3 nitrogen and oxygen atoms in total. The molecular formula is C17H23NO2. The Kier molecular flexibility index (Phi) is 5.36. The number of aliphatic hydroxyl groups excluding tert-OH is 1. The average Bonchev–Trinajstić information content (AvgIpc) is 2.90. The van der Waals surface area contributed by atoms with E-state index in [0.717, 1.165) is 24.8 Å². The van der Waals surface area contributed by atoms with Gasteiger partial charge in [0.1, 0.15) is 0 Å². The summed E-state index contributed by atoms with van der Waals surface area (Å²) in [6.45, 7) is 2.94. The second-order valence-electron chi connectivity index (χ2n) is 5.63. The van der Waals surface area contributed by atoms with Gasteiger partial charge in [-0.1, -0.05) is 36.2 Å². The van der Waals surface area contributed by atoms with Crippen LogP contribution in [0.4, 0.5) is 0 Å². The van der Waals surface area contributed by atoms with E-state index in [4.69, 9.17) is 0 Å². The van der Waals surface area contributed by atoms with Gasteiger partial charge in [0.05, 0.1) is 0 Å². The molecule has 2 unspecified atom stereocenters. The maximum absolute atomic E-state index is 11.8. The lowest BCUT2D eigenvalue weighted by Gasteiger charge is -2.17. The summed E-state index contributed by atoms with van der Waals surface area (Å²) in [4.78, 5) is 11.8. The Bertz CT molecular complexity index is 482. The lowest BCUT2D eigenvalue weighted by molar-refractivity contribution is -0.116. The summed E-state index contributed by atoms with van der Waals surface area (Å²) in [5, 5.41) is 12.2. The van der Waals surface area contributed by atoms with Crippen LogP contribution >= 0.6 is 0 Å². The number of aliphatic hydroxyl groups is 1. The first-order chi connectivity index (χ1) is 9.69. The van der Waals surface area contributed by atoms with Crippen molar-refractivity contribution in [2.75, 3.05) is 13.2 Å². The van der Waals surface area contributed by atoms with Crippen LogP contribution in [0.15, 0.2) is 30.3 Å². The fraction of sp³-hybridized carbons (Fsp3) is 0.471. The molecule has 1 aromatic rings. The number of benzene rings is 1. The fourth-order valence-electron chi connectivity index (χ4n) is 2.86. The average molecular weight is 273 g/mol. The van der Waals surface area contributed by atoms with Crippen LogP contribution in [0.1, 0.15) is 30.4 Å². The number of hydrogen-bond acceptors (Lipinski definition) is 2. The molecule has 2 atom stereocenters. The standard InChI is InChI=1S/C17H23NO2/c1-13-4-2-5-14(10-13)8-9-17(20)18-11-15-6-3-7-16(15)12-19/h2,4-5,8-10,15-16,19H,3,6-7,11-12H2,1H3,(H,18,20). The Hall–Kier alpha value is -1.61. The van der Waals surface area contributed by atoms with Crippen molar-refractivity contribution in [2.24, 2.45) is 11.8 Å². The lowest BCUT2D eigenvalue weighted by atomic mass is 9.97. The summed E-state index contributed by atoms with van der Waals surface area (Å²) in [7, 11) is 0. The predicted molar refractivity (Wildman–Crippen MR) is 81.1 cm³/mol. The van der Waals surface area contributed by atoms with Gasteiger partial charge in [0.2, 0.25) is 5.91 Å². The van der Waals surface area contributed by atoms with Gasteiger partial charge in [-0.3, -0.25) is 4.79 Å². The third-order valence-electron chi connectivity index (χ3n) is 4.06. The third kappa shape index (κ3) is 4.20. The van der Waals surface area contributed by atoms with Crippen LogP contribution in [-0.4, -0.2) is 24.2 Å². The maximum Gasteiger partial charge on any atom is 0.244 e. The minimum atomic E-state index is -0.0601. The highest BCUT2D eigenvalue weighted by atomic mass is 16.3. The number of carbonyl (C=O) groups excluding carboxylic acids is 1. The Balaban J connectivity index is 1.80. The number of hydrogen-bond donors (Lipinski definition) is 2. The molecule has 0 radical (unpaired) electrons. The zero-order chi connectivity index (χ0) is 14.4. The molecular weight excluding hydrogens is 250 g/mol. The van der Waals surface area contributed by atoms with Crippen molar-refractivity contribution in [1.29, 1.82) is 0 Å². The molecule has 20 heavy (non-hydrogen) atoms. The van der Waals surface area contributed by atoms with Gasteiger partial charge in [0.15, 0.2) is 0 Å². The van der Waals surface area contributed by atoms with E-state index >= 15 is 0 Å². The molecule has 3 heteroatoms. The van der Waals surface area contributed by atoms with Crippen molar-refractivity contribution in [1.82, 2.24) is 5.32 Å². The van der Waals surface area contributed by atoms with Crippen LogP contribution in [-0.2, 0) is 4.79 Å². The summed E-state index contributed by atoms with van der Waals surface area (Å²) < 4.78 is 0. The van der Waals surface area contributed by atoms with Gasteiger partial charge >= 0.3 is 0 Å². The molecule has 0 saturated heterocycles. The van der Waals surface area contributed by atoms with Crippen molar-refractivity contribution in [3.8, 4) is 0 Å². The van der Waals surface area contributed by atoms with Gasteiger partial charge in [-0.05, 0) is 43.2 Å². The molecule has 1 saturated carbocycles. The highest BCUT2D eigenvalue weighted by Gasteiger charge is 2.26. The highest BCUT2D eigenvalue weighted by Crippen LogP contribution is 2.30. The fourth-order valence-corrected chi connectivity index (χ4v) is 2.86. The normalized spacial score (nSPS) is 22.3. The van der Waals surface area contributed by atoms with Gasteiger partial charge in [-0.2, -0.15) is 0 Å². The Morgan fingerprint density at radius 3 is 2.95 bits per heavy atom. The van der Waals surface area contributed by atoms with Gasteiger partial charge in [0, 0.05) is 19.2 Å². The lowest BCUT2D eigenvalue weighted by Crippen LogP contribution is -2.30. The molecule has 1 aromatic carbocycles. The first kappa shape index (κ1) is 14.8. The Labute approximate surface area is 120 Å². The van der Waals surface area contributed by atoms with Crippen molar-refractivity contribution >= 4 is 12.0 Å². The van der Waals surface area contributed by atoms with Crippen LogP contribution in [0.5, 0.6) is 0 Å². The molecule has 1 fully saturated rings. The van der Waals surface area contributed by atoms with Crippen LogP contribution in [0, 0.1) is 18.8 Å². The van der Waals surface area contributed by atoms with Crippen LogP contribution in [0.3, 0.4) is 0 Å². The largest absolute Gasteiger partial charge is 0.396 e. The number of rotatable bonds is 5. The van der Waals surface area contributed by atoms with E-state index in [1.54, 1.807) is 6.08 Å². The van der Waals surface area contributed by atoms with E-state index in [0.29, 0.717) is 18.4 Å². The summed E-state index contributed by atoms with van der Waals surface area (Å²) in [5.74, 6) is 0.725. The minimum absolute atomic E-state index is 0.0601. The SMILES string of the molecule is Cc1cccc(C=CC(=O)NCC2CCCC2CO)c1. The second kappa shape index (κ2) is 7.25. The van der Waals surface area contributed by atoms with Crippen LogP contribution < -0.4 is 5.32 Å². The van der Waals surface area contributed by atoms with Crippen molar-refractivity contribution in [3.05, 3.63) is 41.5 Å². The quantitative estimate of drug-likeness (QED) is 0.810. The van der Waals surface area contributed by atoms with Crippen LogP contribution in [0.25, 0.3) is 6.08 Å². The molecule has 0 spiro atoms. The van der Waals surface area contributed by atoms with Gasteiger partial charge in [-0.15, -0.1) is 0 Å². The van der Waals surface area contributed by atoms with Gasteiger partial charge in [-0.25, -0.2) is 0 Å². The van der Waals surface area contributed by atoms with E-state index in [1.165, 1.54) is 5.56 Å². The summed E-state index contributed by atoms with van der Waals surface area (Å²) in [6, 6.07) is 8.04. The molecule has 2 rings (SSSR count). The monoisotopic (exact) mass is 273 g/mol. The summed E-state index contributed by atoms with van der Waals surface area (Å²) in [6.07, 6.45) is 6.76. The zero-order valence-electron chi connectivity index (χ0n) is 12.0. The topological polar surface area (TPSA) is 49.3 Å². The number of aryl methyl sites for hydroxylation is 1. The minimum Gasteiger partial charge on any atom is -0.396 e. The van der Waals surface area contributed by atoms with E-state index in [-0.39, 0.29) is 12.5 Å². The molecule has 1 amide bonds. The zero-order valence-corrected chi connectivity index (χ0v) is 12.0. The third-order valence-corrected chi connectivity index (χ3v) is 4.06. The van der Waals surface area contributed by atoms with E-state index in [1.807, 2.05) is 37.3 Å². The van der Waals surface area contributed by atoms with Gasteiger partial charge in [0.25, 0.3) is 0 Å². The summed E-state index contributed by atoms with van der Waals surface area (Å²) >= 11 is 0. The number of nitrogens with one attached hydrogen (secondary N) is 1. The molecule has 1 aliphatic carbocycles. The molecule has 2 N–H and O–H groups in total. The Morgan fingerprint density at radius 2 is 2.20 bits per heavy atom. The summed E-state index contributed by atoms with van der Waals surface area (Å²) in [5.41, 5.74) is 2.22. The number of amides is 1. The van der Waals surface area contributed by atoms with E-state index < -0.39 is 0 Å². The predicted octanol–water partition coefficient (Wildman–Crippen LogP) is 2.53. The molecule has 0 aromatic heterocycles. The first-order valence-electron chi connectivity index (χ1n) is 7.32. The molecule has 1 aliphatic rings. The van der Waals surface area contributed by atoms with E-state index in [9.17, 15) is 9.90 Å². The first-order valence-corrected chi connectivity index (χ1v) is 7.32.